The number of carbonyl (C=O) groups is 1. The summed E-state index contributed by atoms with van der Waals surface area (Å²) >= 11 is 0. The number of ether oxygens (including phenoxy) is 1. The van der Waals surface area contributed by atoms with Crippen LogP contribution in [0.5, 0.6) is 5.75 Å². The predicted molar refractivity (Wildman–Crippen MR) is 141 cm³/mol. The van der Waals surface area contributed by atoms with Crippen molar-refractivity contribution in [1.29, 1.82) is 0 Å². The lowest BCUT2D eigenvalue weighted by Gasteiger charge is -2.34. The molecular weight excluding hydrogens is 513 g/mol. The number of hydrogen-bond acceptors (Lipinski definition) is 7. The summed E-state index contributed by atoms with van der Waals surface area (Å²) < 4.78 is 47.5. The Morgan fingerprint density at radius 1 is 1.03 bits per heavy atom. The SMILES string of the molecule is CCCN1CCN(CCOc2ccc(Nc3nccc(N(Cc4cc(F)cc(F)c4)C(=O)O)n3)cc2F)CC1. The Labute approximate surface area is 224 Å². The third-order valence-electron chi connectivity index (χ3n) is 6.27. The summed E-state index contributed by atoms with van der Waals surface area (Å²) in [7, 11) is 0. The van der Waals surface area contributed by atoms with E-state index in [-0.39, 0.29) is 29.6 Å². The van der Waals surface area contributed by atoms with Gasteiger partial charge in [-0.05, 0) is 48.9 Å². The van der Waals surface area contributed by atoms with Crippen LogP contribution < -0.4 is 15.0 Å². The van der Waals surface area contributed by atoms with Crippen LogP contribution in [0.15, 0.2) is 48.7 Å². The molecule has 4 rings (SSSR count). The van der Waals surface area contributed by atoms with Crippen LogP contribution in [0.4, 0.5) is 35.4 Å². The van der Waals surface area contributed by atoms with Gasteiger partial charge in [0.15, 0.2) is 11.6 Å². The fraction of sp³-hybridized carbons (Fsp3) is 0.370. The first kappa shape index (κ1) is 28.1. The maximum absolute atomic E-state index is 14.7. The lowest BCUT2D eigenvalue weighted by molar-refractivity contribution is 0.116. The fourth-order valence-electron chi connectivity index (χ4n) is 4.35. The van der Waals surface area contributed by atoms with Crippen LogP contribution in [-0.2, 0) is 6.54 Å². The molecule has 0 spiro atoms. The predicted octanol–water partition coefficient (Wildman–Crippen LogP) is 4.73. The highest BCUT2D eigenvalue weighted by Gasteiger charge is 2.19. The number of anilines is 3. The maximum atomic E-state index is 14.7. The second kappa shape index (κ2) is 13.3. The van der Waals surface area contributed by atoms with Crippen LogP contribution in [-0.4, -0.2) is 76.8 Å². The standard InChI is InChI=1S/C27H31F3N6O3/c1-2-7-34-8-10-35(11-9-34)12-13-39-24-4-3-22(17-23(24)30)32-26-31-6-5-25(33-26)36(27(37)38)18-19-14-20(28)16-21(29)15-19/h3-6,14-17H,2,7-13,18H2,1H3,(H,37,38)(H,31,32,33). The summed E-state index contributed by atoms with van der Waals surface area (Å²) in [6.07, 6.45) is 1.09. The molecule has 0 atom stereocenters. The van der Waals surface area contributed by atoms with Crippen molar-refractivity contribution in [2.24, 2.45) is 0 Å². The number of nitrogens with zero attached hydrogens (tertiary/aromatic N) is 5. The number of piperazine rings is 1. The molecule has 3 aromatic rings. The zero-order valence-corrected chi connectivity index (χ0v) is 21.6. The Hall–Kier alpha value is -3.90. The highest BCUT2D eigenvalue weighted by molar-refractivity contribution is 5.84. The third-order valence-corrected chi connectivity index (χ3v) is 6.27. The summed E-state index contributed by atoms with van der Waals surface area (Å²) in [5.41, 5.74) is 0.442. The second-order valence-electron chi connectivity index (χ2n) is 9.19. The minimum atomic E-state index is -1.38. The molecule has 0 radical (unpaired) electrons. The monoisotopic (exact) mass is 544 g/mol. The summed E-state index contributed by atoms with van der Waals surface area (Å²) in [5.74, 6) is -2.09. The Morgan fingerprint density at radius 2 is 1.72 bits per heavy atom. The Balaban J connectivity index is 1.35. The van der Waals surface area contributed by atoms with E-state index in [1.807, 2.05) is 0 Å². The van der Waals surface area contributed by atoms with E-state index in [1.165, 1.54) is 24.4 Å². The van der Waals surface area contributed by atoms with Crippen molar-refractivity contribution in [2.75, 3.05) is 56.1 Å². The Kier molecular flexibility index (Phi) is 9.55. The average Bonchev–Trinajstić information content (AvgIpc) is 2.89. The molecule has 39 heavy (non-hydrogen) atoms. The molecule has 1 saturated heterocycles. The molecule has 9 nitrogen and oxygen atoms in total. The summed E-state index contributed by atoms with van der Waals surface area (Å²) in [6, 6.07) is 8.46. The van der Waals surface area contributed by atoms with E-state index in [0.717, 1.165) is 56.2 Å². The molecule has 12 heteroatoms. The first-order chi connectivity index (χ1) is 18.8. The molecule has 0 unspecified atom stereocenters. The van der Waals surface area contributed by atoms with Gasteiger partial charge < -0.3 is 20.1 Å². The van der Waals surface area contributed by atoms with Crippen molar-refractivity contribution in [3.63, 3.8) is 0 Å². The average molecular weight is 545 g/mol. The topological polar surface area (TPSA) is 94.1 Å². The zero-order valence-electron chi connectivity index (χ0n) is 21.6. The summed E-state index contributed by atoms with van der Waals surface area (Å²) in [5, 5.41) is 12.5. The fourth-order valence-corrected chi connectivity index (χ4v) is 4.35. The number of halogens is 3. The molecule has 2 N–H and O–H groups in total. The summed E-state index contributed by atoms with van der Waals surface area (Å²) in [6.45, 7) is 8.01. The highest BCUT2D eigenvalue weighted by Crippen LogP contribution is 2.24. The largest absolute Gasteiger partial charge is 0.489 e. The molecule has 0 bridgehead atoms. The lowest BCUT2D eigenvalue weighted by atomic mass is 10.2. The van der Waals surface area contributed by atoms with Crippen molar-refractivity contribution < 1.29 is 27.8 Å². The van der Waals surface area contributed by atoms with Gasteiger partial charge in [0.2, 0.25) is 5.95 Å². The van der Waals surface area contributed by atoms with Crippen molar-refractivity contribution in [3.8, 4) is 5.75 Å². The minimum Gasteiger partial charge on any atom is -0.489 e. The van der Waals surface area contributed by atoms with Crippen LogP contribution in [0.2, 0.25) is 0 Å². The third kappa shape index (κ3) is 8.04. The number of aromatic nitrogens is 2. The lowest BCUT2D eigenvalue weighted by Crippen LogP contribution is -2.47. The van der Waals surface area contributed by atoms with Crippen LogP contribution in [0, 0.1) is 17.5 Å². The van der Waals surface area contributed by atoms with Gasteiger partial charge in [0, 0.05) is 56.7 Å². The number of hydrogen-bond donors (Lipinski definition) is 2. The number of rotatable bonds is 11. The van der Waals surface area contributed by atoms with Crippen LogP contribution in [0.3, 0.4) is 0 Å². The quantitative estimate of drug-likeness (QED) is 0.358. The first-order valence-corrected chi connectivity index (χ1v) is 12.7. The van der Waals surface area contributed by atoms with Gasteiger partial charge in [0.05, 0.1) is 6.54 Å². The normalized spacial score (nSPS) is 14.3. The molecule has 1 fully saturated rings. The summed E-state index contributed by atoms with van der Waals surface area (Å²) in [4.78, 5) is 25.6. The molecule has 1 aliphatic rings. The second-order valence-corrected chi connectivity index (χ2v) is 9.19. The van der Waals surface area contributed by atoms with Crippen molar-refractivity contribution >= 4 is 23.5 Å². The van der Waals surface area contributed by atoms with Gasteiger partial charge in [0.1, 0.15) is 24.1 Å². The van der Waals surface area contributed by atoms with E-state index < -0.39 is 23.5 Å². The van der Waals surface area contributed by atoms with Crippen molar-refractivity contribution in [2.45, 2.75) is 19.9 Å². The van der Waals surface area contributed by atoms with Crippen LogP contribution in [0.1, 0.15) is 18.9 Å². The molecular formula is C27H31F3N6O3. The number of amides is 1. The Bertz CT molecular complexity index is 1250. The number of carboxylic acid groups (broad SMARTS) is 1. The van der Waals surface area contributed by atoms with Crippen LogP contribution in [0.25, 0.3) is 0 Å². The molecule has 2 aromatic carbocycles. The van der Waals surface area contributed by atoms with E-state index in [2.05, 4.69) is 32.0 Å². The van der Waals surface area contributed by atoms with Gasteiger partial charge in [-0.1, -0.05) is 6.92 Å². The zero-order chi connectivity index (χ0) is 27.8. The molecule has 208 valence electrons. The highest BCUT2D eigenvalue weighted by atomic mass is 19.1. The molecule has 1 aliphatic heterocycles. The van der Waals surface area contributed by atoms with E-state index >= 15 is 0 Å². The molecule has 1 aromatic heterocycles. The molecule has 2 heterocycles. The van der Waals surface area contributed by atoms with Gasteiger partial charge in [0.25, 0.3) is 0 Å². The van der Waals surface area contributed by atoms with E-state index in [9.17, 15) is 23.1 Å². The van der Waals surface area contributed by atoms with Gasteiger partial charge in [-0.2, -0.15) is 4.98 Å². The van der Waals surface area contributed by atoms with Crippen LogP contribution >= 0.6 is 0 Å². The number of benzene rings is 2. The maximum Gasteiger partial charge on any atom is 0.413 e. The smallest absolute Gasteiger partial charge is 0.413 e. The van der Waals surface area contributed by atoms with Crippen molar-refractivity contribution in [3.05, 3.63) is 71.7 Å². The first-order valence-electron chi connectivity index (χ1n) is 12.7. The minimum absolute atomic E-state index is 0.0134. The number of nitrogens with one attached hydrogen (secondary N) is 1. The molecule has 1 amide bonds. The van der Waals surface area contributed by atoms with E-state index in [1.54, 1.807) is 6.07 Å². The Morgan fingerprint density at radius 3 is 2.36 bits per heavy atom. The van der Waals surface area contributed by atoms with Gasteiger partial charge in [-0.3, -0.25) is 9.80 Å². The molecule has 0 aliphatic carbocycles. The van der Waals surface area contributed by atoms with Gasteiger partial charge in [-0.15, -0.1) is 0 Å². The van der Waals surface area contributed by atoms with E-state index in [4.69, 9.17) is 4.74 Å². The van der Waals surface area contributed by atoms with Gasteiger partial charge in [-0.25, -0.2) is 22.9 Å². The van der Waals surface area contributed by atoms with Crippen molar-refractivity contribution in [1.82, 2.24) is 19.8 Å². The molecule has 0 saturated carbocycles. The van der Waals surface area contributed by atoms with E-state index in [0.29, 0.717) is 24.9 Å². The van der Waals surface area contributed by atoms with Gasteiger partial charge >= 0.3 is 6.09 Å².